The lowest BCUT2D eigenvalue weighted by Gasteiger charge is -2.21. The largest absolute Gasteiger partial charge is 0.360 e. The highest BCUT2D eigenvalue weighted by molar-refractivity contribution is 7.86. The second kappa shape index (κ2) is 9.65. The molecule has 4 rings (SSSR count). The molecule has 6 N–H and O–H groups in total. The molecule has 0 aliphatic carbocycles. The first-order chi connectivity index (χ1) is 16.0. The smallest absolute Gasteiger partial charge is 0.346 e. The summed E-state index contributed by atoms with van der Waals surface area (Å²) in [7, 11) is -11.9. The van der Waals surface area contributed by atoms with Gasteiger partial charge in [0.25, 0.3) is 0 Å². The topological polar surface area (TPSA) is 182 Å². The molecule has 0 saturated carbocycles. The van der Waals surface area contributed by atoms with Crippen molar-refractivity contribution >= 4 is 59.2 Å². The number of aromatic nitrogens is 2. The Labute approximate surface area is 199 Å². The summed E-state index contributed by atoms with van der Waals surface area (Å²) in [5.41, 5.74) is -1.35. The third-order valence-corrected chi connectivity index (χ3v) is 9.80. The van der Waals surface area contributed by atoms with Gasteiger partial charge in [0.15, 0.2) is 5.82 Å². The Kier molecular flexibility index (Phi) is 6.99. The number of hydrogen-bond donors (Lipinski definition) is 6. The molecule has 0 spiro atoms. The number of nitrogens with one attached hydrogen (secondary N) is 2. The summed E-state index contributed by atoms with van der Waals surface area (Å²) in [4.78, 5) is 47.6. The molecule has 4 aromatic rings. The molecular weight excluding hydrogens is 522 g/mol. The lowest BCUT2D eigenvalue weighted by atomic mass is 10.2. The van der Waals surface area contributed by atoms with E-state index >= 15 is 0 Å². The van der Waals surface area contributed by atoms with E-state index in [1.807, 2.05) is 6.07 Å². The number of rotatable bonds is 8. The van der Waals surface area contributed by atoms with Crippen molar-refractivity contribution in [1.82, 2.24) is 9.97 Å². The Morgan fingerprint density at radius 1 is 0.882 bits per heavy atom. The molecule has 1 atom stereocenters. The average molecular weight is 540 g/mol. The van der Waals surface area contributed by atoms with Gasteiger partial charge < -0.3 is 29.6 Å². The minimum absolute atomic E-state index is 0.120. The summed E-state index contributed by atoms with van der Waals surface area (Å²) < 4.78 is 38.7. The van der Waals surface area contributed by atoms with Crippen LogP contribution in [0.1, 0.15) is 0 Å². The van der Waals surface area contributed by atoms with Crippen molar-refractivity contribution in [3.05, 3.63) is 66.0 Å². The van der Waals surface area contributed by atoms with E-state index in [4.69, 9.17) is 0 Å². The summed E-state index contributed by atoms with van der Waals surface area (Å²) >= 11 is 1.23. The normalized spacial score (nSPS) is 13.2. The third-order valence-electron chi connectivity index (χ3n) is 4.54. The van der Waals surface area contributed by atoms with Crippen LogP contribution in [0.3, 0.4) is 0 Å². The molecule has 11 nitrogen and oxygen atoms in total. The number of nitrogens with zero attached hydrogens (tertiary/aromatic N) is 2. The maximum absolute atomic E-state index is 12.4. The van der Waals surface area contributed by atoms with Crippen LogP contribution in [0.2, 0.25) is 0 Å². The fourth-order valence-electron chi connectivity index (χ4n) is 2.98. The van der Waals surface area contributed by atoms with Gasteiger partial charge in [-0.3, -0.25) is 9.13 Å². The number of hydrogen-bond acceptors (Lipinski definition) is 7. The van der Waals surface area contributed by atoms with Gasteiger partial charge >= 0.3 is 15.2 Å². The zero-order chi connectivity index (χ0) is 24.5. The standard InChI is InChI=1S/C19H18N4O7P2S2/c24-31(25,26)19(32(27,28)29)22-17-15-10-11-33-18(15)21-16(20-17)12-6-8-13(9-7-12)23-34(30)14-4-2-1-3-5-14/h1-11,19,23H,(H,20,21,22)(H2,24,25,26)(H2,27,28,29). The molecule has 1 unspecified atom stereocenters. The summed E-state index contributed by atoms with van der Waals surface area (Å²) in [5, 5.41) is 4.26. The molecule has 0 aliphatic heterocycles. The van der Waals surface area contributed by atoms with Crippen molar-refractivity contribution in [3.63, 3.8) is 0 Å². The van der Waals surface area contributed by atoms with Crippen molar-refractivity contribution in [1.29, 1.82) is 0 Å². The molecule has 178 valence electrons. The van der Waals surface area contributed by atoms with E-state index in [1.165, 1.54) is 11.3 Å². The van der Waals surface area contributed by atoms with Crippen LogP contribution >= 0.6 is 26.5 Å². The zero-order valence-electron chi connectivity index (χ0n) is 17.0. The Morgan fingerprint density at radius 2 is 1.53 bits per heavy atom. The van der Waals surface area contributed by atoms with E-state index in [9.17, 15) is 32.9 Å². The number of benzene rings is 2. The van der Waals surface area contributed by atoms with Gasteiger partial charge in [-0.25, -0.2) is 14.2 Å². The average Bonchev–Trinajstić information content (AvgIpc) is 3.26. The maximum Gasteiger partial charge on any atom is 0.360 e. The monoisotopic (exact) mass is 540 g/mol. The van der Waals surface area contributed by atoms with Crippen LogP contribution in [0.15, 0.2) is 70.9 Å². The molecule has 15 heteroatoms. The first-order valence-corrected chi connectivity index (χ1v) is 14.9. The van der Waals surface area contributed by atoms with E-state index in [-0.39, 0.29) is 11.6 Å². The summed E-state index contributed by atoms with van der Waals surface area (Å²) in [6.07, 6.45) is 0. The minimum Gasteiger partial charge on any atom is -0.346 e. The van der Waals surface area contributed by atoms with E-state index in [0.717, 1.165) is 0 Å². The van der Waals surface area contributed by atoms with Crippen molar-refractivity contribution in [2.75, 3.05) is 10.0 Å². The van der Waals surface area contributed by atoms with Crippen LogP contribution in [-0.2, 0) is 20.1 Å². The first-order valence-electron chi connectivity index (χ1n) is 9.48. The van der Waals surface area contributed by atoms with E-state index < -0.39 is 31.7 Å². The maximum atomic E-state index is 12.4. The second-order valence-corrected chi connectivity index (χ2v) is 12.9. The van der Waals surface area contributed by atoms with Crippen LogP contribution in [0.4, 0.5) is 11.5 Å². The highest BCUT2D eigenvalue weighted by atomic mass is 32.2. The SMILES string of the molecule is O=S(Nc1ccc(-c2nc(NC(P(=O)(O)O)P(=O)(O)O)c3ccsc3n2)cc1)c1ccccc1. The molecule has 0 amide bonds. The van der Waals surface area contributed by atoms with Gasteiger partial charge in [0, 0.05) is 11.3 Å². The van der Waals surface area contributed by atoms with Gasteiger partial charge in [-0.15, -0.1) is 11.3 Å². The van der Waals surface area contributed by atoms with Crippen LogP contribution < -0.4 is 10.0 Å². The molecule has 0 fully saturated rings. The summed E-state index contributed by atoms with van der Waals surface area (Å²) in [6.45, 7) is 0. The Bertz CT molecular complexity index is 1420. The summed E-state index contributed by atoms with van der Waals surface area (Å²) in [5.74, 6) is 0.0497. The number of fused-ring (bicyclic) bond motifs is 1. The molecule has 2 aromatic heterocycles. The van der Waals surface area contributed by atoms with Crippen LogP contribution in [0.25, 0.3) is 21.6 Å². The number of thiophene rings is 1. The number of anilines is 2. The molecule has 2 aromatic carbocycles. The van der Waals surface area contributed by atoms with E-state index in [0.29, 0.717) is 26.4 Å². The van der Waals surface area contributed by atoms with Crippen LogP contribution in [0.5, 0.6) is 0 Å². The minimum atomic E-state index is -5.22. The molecule has 34 heavy (non-hydrogen) atoms. The van der Waals surface area contributed by atoms with E-state index in [1.54, 1.807) is 60.0 Å². The predicted octanol–water partition coefficient (Wildman–Crippen LogP) is 3.54. The Hall–Kier alpha value is -2.47. The zero-order valence-corrected chi connectivity index (χ0v) is 20.5. The quantitative estimate of drug-likeness (QED) is 0.181. The van der Waals surface area contributed by atoms with Crippen molar-refractivity contribution in [2.24, 2.45) is 0 Å². The molecular formula is C19H18N4O7P2S2. The van der Waals surface area contributed by atoms with Gasteiger partial charge in [-0.2, -0.15) is 0 Å². The molecule has 2 heterocycles. The lowest BCUT2D eigenvalue weighted by molar-refractivity contribution is 0.343. The fraction of sp³-hybridized carbons (Fsp3) is 0.0526. The molecule has 0 radical (unpaired) electrons. The molecule has 0 bridgehead atoms. The predicted molar refractivity (Wildman–Crippen MR) is 131 cm³/mol. The highest BCUT2D eigenvalue weighted by Crippen LogP contribution is 2.59. The van der Waals surface area contributed by atoms with E-state index in [2.05, 4.69) is 20.0 Å². The van der Waals surface area contributed by atoms with Crippen LogP contribution in [-0.4, -0.2) is 39.3 Å². The lowest BCUT2D eigenvalue weighted by Crippen LogP contribution is -2.21. The van der Waals surface area contributed by atoms with Crippen molar-refractivity contribution < 1.29 is 32.9 Å². The fourth-order valence-corrected chi connectivity index (χ4v) is 6.76. The van der Waals surface area contributed by atoms with Crippen molar-refractivity contribution in [3.8, 4) is 11.4 Å². The van der Waals surface area contributed by atoms with Gasteiger partial charge in [0.2, 0.25) is 5.52 Å². The highest BCUT2D eigenvalue weighted by Gasteiger charge is 2.44. The summed E-state index contributed by atoms with van der Waals surface area (Å²) in [6, 6.07) is 17.1. The first kappa shape index (κ1) is 24.6. The Balaban J connectivity index is 1.64. The van der Waals surface area contributed by atoms with Gasteiger partial charge in [-0.05, 0) is 47.8 Å². The van der Waals surface area contributed by atoms with Crippen molar-refractivity contribution in [2.45, 2.75) is 10.4 Å². The van der Waals surface area contributed by atoms with Gasteiger partial charge in [0.05, 0.1) is 10.3 Å². The second-order valence-electron chi connectivity index (χ2n) is 6.99. The third kappa shape index (κ3) is 5.60. The van der Waals surface area contributed by atoms with Gasteiger partial charge in [-0.1, -0.05) is 18.2 Å². The molecule has 0 saturated heterocycles. The molecule has 0 aliphatic rings. The van der Waals surface area contributed by atoms with Crippen LogP contribution in [0, 0.1) is 0 Å². The Morgan fingerprint density at radius 3 is 2.15 bits per heavy atom. The van der Waals surface area contributed by atoms with Gasteiger partial charge in [0.1, 0.15) is 21.6 Å².